The number of rotatable bonds is 9. The monoisotopic (exact) mass is 609 g/mol. The maximum absolute atomic E-state index is 14.3. The molecule has 3 amide bonds. The molecule has 0 saturated heterocycles. The van der Waals surface area contributed by atoms with Gasteiger partial charge in [-0.15, -0.1) is 0 Å². The van der Waals surface area contributed by atoms with Gasteiger partial charge in [-0.05, 0) is 53.6 Å². The van der Waals surface area contributed by atoms with Crippen LogP contribution >= 0.6 is 15.9 Å². The Labute approximate surface area is 248 Å². The van der Waals surface area contributed by atoms with E-state index in [1.54, 1.807) is 9.80 Å². The molecule has 1 aliphatic heterocycles. The van der Waals surface area contributed by atoms with Crippen LogP contribution in [0.4, 0.5) is 5.69 Å². The quantitative estimate of drug-likeness (QED) is 0.243. The van der Waals surface area contributed by atoms with Crippen molar-refractivity contribution >= 4 is 50.1 Å². The van der Waals surface area contributed by atoms with Crippen molar-refractivity contribution < 1.29 is 14.4 Å². The Hall–Kier alpha value is -3.97. The number of benzene rings is 4. The van der Waals surface area contributed by atoms with E-state index in [1.807, 2.05) is 91.0 Å². The number of carbonyl (C=O) groups excluding carboxylic acids is 3. The summed E-state index contributed by atoms with van der Waals surface area (Å²) < 4.78 is 0.937. The first-order chi connectivity index (χ1) is 20.0. The molecule has 0 radical (unpaired) electrons. The zero-order valence-corrected chi connectivity index (χ0v) is 24.3. The van der Waals surface area contributed by atoms with Crippen molar-refractivity contribution in [2.45, 2.75) is 50.7 Å². The van der Waals surface area contributed by atoms with Crippen LogP contribution < -0.4 is 10.2 Å². The first-order valence-electron chi connectivity index (χ1n) is 14.2. The fourth-order valence-electron chi connectivity index (χ4n) is 6.07. The number of nitrogens with zero attached hydrogens (tertiary/aromatic N) is 2. The summed E-state index contributed by atoms with van der Waals surface area (Å²) in [5, 5.41) is 5.07. The summed E-state index contributed by atoms with van der Waals surface area (Å²) in [4.78, 5) is 45.0. The lowest BCUT2D eigenvalue weighted by Crippen LogP contribution is -2.54. The number of nitrogens with one attached hydrogen (secondary N) is 1. The smallest absolute Gasteiger partial charge is 0.259 e. The zero-order chi connectivity index (χ0) is 28.3. The Morgan fingerprint density at radius 1 is 0.878 bits per heavy atom. The van der Waals surface area contributed by atoms with Crippen molar-refractivity contribution in [2.24, 2.45) is 0 Å². The molecule has 1 saturated carbocycles. The minimum absolute atomic E-state index is 0.123. The minimum atomic E-state index is -0.731. The van der Waals surface area contributed by atoms with E-state index in [9.17, 15) is 14.4 Å². The van der Waals surface area contributed by atoms with Crippen LogP contribution in [0.5, 0.6) is 0 Å². The third kappa shape index (κ3) is 5.77. The SMILES string of the molecule is O=C(NC1CCCC1)C(Cc1ccccc1)N(Cc1ccc(Br)cc1)C(=O)CN1C(=O)c2cccc3cccc1c23. The van der Waals surface area contributed by atoms with Crippen LogP contribution in [0, 0.1) is 0 Å². The highest BCUT2D eigenvalue weighted by Gasteiger charge is 2.36. The molecule has 1 heterocycles. The normalized spacial score (nSPS) is 15.3. The number of hydrogen-bond donors (Lipinski definition) is 1. The van der Waals surface area contributed by atoms with Crippen LogP contribution in [-0.2, 0) is 22.6 Å². The molecule has 4 aromatic carbocycles. The Bertz CT molecular complexity index is 1580. The molecule has 4 aromatic rings. The largest absolute Gasteiger partial charge is 0.352 e. The maximum Gasteiger partial charge on any atom is 0.259 e. The van der Waals surface area contributed by atoms with E-state index >= 15 is 0 Å². The second-order valence-corrected chi connectivity index (χ2v) is 11.8. The van der Waals surface area contributed by atoms with Gasteiger partial charge in [0.1, 0.15) is 12.6 Å². The average molecular weight is 611 g/mol. The van der Waals surface area contributed by atoms with Crippen LogP contribution in [0.2, 0.25) is 0 Å². The lowest BCUT2D eigenvalue weighted by atomic mass is 10.0. The van der Waals surface area contributed by atoms with Crippen molar-refractivity contribution in [3.05, 3.63) is 112 Å². The molecule has 41 heavy (non-hydrogen) atoms. The lowest BCUT2D eigenvalue weighted by Gasteiger charge is -2.33. The van der Waals surface area contributed by atoms with Crippen molar-refractivity contribution in [3.8, 4) is 0 Å². The molecule has 1 N–H and O–H groups in total. The van der Waals surface area contributed by atoms with Crippen LogP contribution in [0.1, 0.15) is 47.2 Å². The van der Waals surface area contributed by atoms with E-state index in [2.05, 4.69) is 21.2 Å². The standard InChI is InChI=1S/C34H32BrN3O3/c35-26-18-16-24(17-19-26)21-37(30(20-23-8-2-1-3-9-23)33(40)36-27-12-4-5-13-27)31(39)22-38-29-15-7-11-25-10-6-14-28(32(25)29)34(38)41/h1-3,6-11,14-19,27,30H,4-5,12-13,20-22H2,(H,36,40). The molecule has 2 aliphatic rings. The molecular formula is C34H32BrN3O3. The summed E-state index contributed by atoms with van der Waals surface area (Å²) in [6, 6.07) is 28.4. The van der Waals surface area contributed by atoms with Gasteiger partial charge in [0, 0.05) is 34.4 Å². The predicted octanol–water partition coefficient (Wildman–Crippen LogP) is 6.26. The number of anilines is 1. The highest BCUT2D eigenvalue weighted by molar-refractivity contribution is 9.10. The van der Waals surface area contributed by atoms with Gasteiger partial charge in [0.2, 0.25) is 11.8 Å². The maximum atomic E-state index is 14.3. The van der Waals surface area contributed by atoms with Gasteiger partial charge in [-0.25, -0.2) is 0 Å². The molecule has 208 valence electrons. The van der Waals surface area contributed by atoms with Gasteiger partial charge >= 0.3 is 0 Å². The Kier molecular flexibility index (Phi) is 7.88. The summed E-state index contributed by atoms with van der Waals surface area (Å²) in [5.41, 5.74) is 3.22. The lowest BCUT2D eigenvalue weighted by molar-refractivity contribution is -0.140. The molecule has 1 fully saturated rings. The van der Waals surface area contributed by atoms with Gasteiger partial charge in [-0.2, -0.15) is 0 Å². The van der Waals surface area contributed by atoms with Gasteiger partial charge in [0.15, 0.2) is 0 Å². The topological polar surface area (TPSA) is 69.7 Å². The Morgan fingerprint density at radius 3 is 2.32 bits per heavy atom. The summed E-state index contributed by atoms with van der Waals surface area (Å²) in [7, 11) is 0. The second-order valence-electron chi connectivity index (χ2n) is 10.9. The third-order valence-electron chi connectivity index (χ3n) is 8.18. The van der Waals surface area contributed by atoms with Gasteiger partial charge in [-0.3, -0.25) is 19.3 Å². The van der Waals surface area contributed by atoms with Gasteiger partial charge < -0.3 is 10.2 Å². The van der Waals surface area contributed by atoms with E-state index in [0.717, 1.165) is 57.7 Å². The Morgan fingerprint density at radius 2 is 1.59 bits per heavy atom. The van der Waals surface area contributed by atoms with Crippen LogP contribution in [0.25, 0.3) is 10.8 Å². The molecule has 0 aromatic heterocycles. The fraction of sp³-hybridized carbons (Fsp3) is 0.265. The molecule has 6 nitrogen and oxygen atoms in total. The average Bonchev–Trinajstić information content (AvgIpc) is 3.60. The highest BCUT2D eigenvalue weighted by Crippen LogP contribution is 2.37. The first-order valence-corrected chi connectivity index (χ1v) is 15.0. The van der Waals surface area contributed by atoms with E-state index in [-0.39, 0.29) is 36.9 Å². The van der Waals surface area contributed by atoms with Crippen LogP contribution in [-0.4, -0.2) is 41.2 Å². The van der Waals surface area contributed by atoms with Crippen LogP contribution in [0.3, 0.4) is 0 Å². The number of hydrogen-bond acceptors (Lipinski definition) is 3. The first kappa shape index (κ1) is 27.2. The summed E-state index contributed by atoms with van der Waals surface area (Å²) in [6.45, 7) is 0.103. The van der Waals surface area contributed by atoms with Gasteiger partial charge in [0.25, 0.3) is 5.91 Å². The highest BCUT2D eigenvalue weighted by atomic mass is 79.9. The van der Waals surface area contributed by atoms with Gasteiger partial charge in [0.05, 0.1) is 5.69 Å². The van der Waals surface area contributed by atoms with Crippen molar-refractivity contribution in [1.29, 1.82) is 0 Å². The molecule has 1 atom stereocenters. The number of amides is 3. The van der Waals surface area contributed by atoms with Crippen molar-refractivity contribution in [2.75, 3.05) is 11.4 Å². The summed E-state index contributed by atoms with van der Waals surface area (Å²) in [5.74, 6) is -0.610. The zero-order valence-electron chi connectivity index (χ0n) is 22.8. The molecular weight excluding hydrogens is 578 g/mol. The molecule has 0 bridgehead atoms. The number of carbonyl (C=O) groups is 3. The predicted molar refractivity (Wildman–Crippen MR) is 165 cm³/mol. The number of halogens is 1. The molecule has 7 heteroatoms. The summed E-state index contributed by atoms with van der Waals surface area (Å²) >= 11 is 3.49. The van der Waals surface area contributed by atoms with Crippen molar-refractivity contribution in [1.82, 2.24) is 10.2 Å². The van der Waals surface area contributed by atoms with E-state index in [1.165, 1.54) is 0 Å². The summed E-state index contributed by atoms with van der Waals surface area (Å²) in [6.07, 6.45) is 4.48. The van der Waals surface area contributed by atoms with Crippen molar-refractivity contribution in [3.63, 3.8) is 0 Å². The van der Waals surface area contributed by atoms with Crippen LogP contribution in [0.15, 0.2) is 95.5 Å². The third-order valence-corrected chi connectivity index (χ3v) is 8.71. The molecule has 1 aliphatic carbocycles. The fourth-order valence-corrected chi connectivity index (χ4v) is 6.33. The minimum Gasteiger partial charge on any atom is -0.352 e. The second kappa shape index (κ2) is 11.9. The molecule has 1 unspecified atom stereocenters. The molecule has 0 spiro atoms. The van der Waals surface area contributed by atoms with Gasteiger partial charge in [-0.1, -0.05) is 95.5 Å². The molecule has 6 rings (SSSR count). The Balaban J connectivity index is 1.34. The van der Waals surface area contributed by atoms with E-state index < -0.39 is 6.04 Å². The van der Waals surface area contributed by atoms with E-state index in [4.69, 9.17) is 0 Å². The van der Waals surface area contributed by atoms with E-state index in [0.29, 0.717) is 12.0 Å².